The fourth-order valence-corrected chi connectivity index (χ4v) is 3.07. The van der Waals surface area contributed by atoms with Gasteiger partial charge in [0.25, 0.3) is 0 Å². The summed E-state index contributed by atoms with van der Waals surface area (Å²) >= 11 is 0. The Morgan fingerprint density at radius 1 is 1.38 bits per heavy atom. The molecule has 1 aromatic carbocycles. The van der Waals surface area contributed by atoms with Crippen molar-refractivity contribution in [2.45, 2.75) is 18.3 Å². The molecule has 0 unspecified atom stereocenters. The van der Waals surface area contributed by atoms with E-state index in [1.54, 1.807) is 0 Å². The Morgan fingerprint density at radius 2 is 2.12 bits per heavy atom. The minimum Gasteiger partial charge on any atom is -0.485 e. The van der Waals surface area contributed by atoms with E-state index >= 15 is 0 Å². The number of aliphatic imine (C=N–C) groups is 1. The molecule has 1 aliphatic heterocycles. The van der Waals surface area contributed by atoms with Crippen LogP contribution in [0.2, 0.25) is 0 Å². The van der Waals surface area contributed by atoms with E-state index < -0.39 is 28.4 Å². The highest BCUT2D eigenvalue weighted by Crippen LogP contribution is 2.31. The normalized spacial score (nSPS) is 15.1. The van der Waals surface area contributed by atoms with E-state index in [9.17, 15) is 21.6 Å². The van der Waals surface area contributed by atoms with Gasteiger partial charge in [0.2, 0.25) is 10.0 Å². The second-order valence-electron chi connectivity index (χ2n) is 5.19. The van der Waals surface area contributed by atoms with Crippen molar-refractivity contribution < 1.29 is 26.3 Å². The molecular formula is C14H18F3N3O3S. The molecule has 2 N–H and O–H groups in total. The van der Waals surface area contributed by atoms with E-state index in [2.05, 4.69) is 15.0 Å². The Morgan fingerprint density at radius 3 is 2.71 bits per heavy atom. The number of halogens is 3. The van der Waals surface area contributed by atoms with Crippen LogP contribution >= 0.6 is 0 Å². The number of hydrogen-bond acceptors (Lipinski definition) is 5. The van der Waals surface area contributed by atoms with Gasteiger partial charge in [0, 0.05) is 12.1 Å². The Bertz CT molecular complexity index is 718. The number of nitrogens with zero attached hydrogens (tertiary/aromatic N) is 1. The predicted molar refractivity (Wildman–Crippen MR) is 83.7 cm³/mol. The lowest BCUT2D eigenvalue weighted by Gasteiger charge is -2.17. The average molecular weight is 365 g/mol. The van der Waals surface area contributed by atoms with E-state index in [0.717, 1.165) is 0 Å². The topological polar surface area (TPSA) is 79.8 Å². The maximum absolute atomic E-state index is 12.9. The van der Waals surface area contributed by atoms with Crippen molar-refractivity contribution in [3.63, 3.8) is 0 Å². The van der Waals surface area contributed by atoms with E-state index in [0.29, 0.717) is 18.9 Å². The van der Waals surface area contributed by atoms with Crippen molar-refractivity contribution >= 4 is 15.9 Å². The number of alkyl halides is 3. The van der Waals surface area contributed by atoms with Gasteiger partial charge in [-0.05, 0) is 18.7 Å². The zero-order chi connectivity index (χ0) is 17.8. The highest BCUT2D eigenvalue weighted by molar-refractivity contribution is 7.88. The summed E-state index contributed by atoms with van der Waals surface area (Å²) in [5, 5.41) is 2.95. The van der Waals surface area contributed by atoms with E-state index in [-0.39, 0.29) is 23.5 Å². The zero-order valence-electron chi connectivity index (χ0n) is 13.0. The molecule has 2 rings (SSSR count). The van der Waals surface area contributed by atoms with E-state index in [1.807, 2.05) is 0 Å². The Labute approximate surface area is 138 Å². The first-order valence-corrected chi connectivity index (χ1v) is 8.84. The molecule has 0 atom stereocenters. The number of ether oxygens (including phenoxy) is 1. The molecule has 0 saturated carbocycles. The van der Waals surface area contributed by atoms with Gasteiger partial charge in [-0.15, -0.1) is 0 Å². The van der Waals surface area contributed by atoms with Gasteiger partial charge < -0.3 is 10.1 Å². The molecule has 134 valence electrons. The van der Waals surface area contributed by atoms with Gasteiger partial charge in [0.05, 0.1) is 18.7 Å². The molecule has 1 aromatic rings. The smallest absolute Gasteiger partial charge is 0.393 e. The molecule has 0 aromatic heterocycles. The zero-order valence-corrected chi connectivity index (χ0v) is 13.8. The maximum atomic E-state index is 12.9. The maximum Gasteiger partial charge on any atom is 0.393 e. The lowest BCUT2D eigenvalue weighted by atomic mass is 10.0. The summed E-state index contributed by atoms with van der Waals surface area (Å²) in [6.45, 7) is 1.26. The quantitative estimate of drug-likeness (QED) is 0.762. The van der Waals surface area contributed by atoms with Gasteiger partial charge in [-0.2, -0.15) is 13.2 Å². The first-order chi connectivity index (χ1) is 11.2. The molecule has 0 spiro atoms. The molecule has 0 bridgehead atoms. The van der Waals surface area contributed by atoms with E-state index in [4.69, 9.17) is 4.74 Å². The van der Waals surface area contributed by atoms with Crippen LogP contribution in [0.4, 0.5) is 13.2 Å². The molecule has 6 nitrogen and oxygen atoms in total. The van der Waals surface area contributed by atoms with Gasteiger partial charge in [-0.3, -0.25) is 4.99 Å². The monoisotopic (exact) mass is 365 g/mol. The molecule has 1 heterocycles. The fraction of sp³-hybridized carbons (Fsp3) is 0.500. The van der Waals surface area contributed by atoms with Crippen LogP contribution in [-0.4, -0.2) is 47.2 Å². The molecule has 1 aliphatic rings. The first-order valence-electron chi connectivity index (χ1n) is 7.19. The number of sulfonamides is 1. The van der Waals surface area contributed by atoms with Crippen LogP contribution in [0.1, 0.15) is 11.1 Å². The first kappa shape index (κ1) is 18.5. The van der Waals surface area contributed by atoms with Gasteiger partial charge in [0.15, 0.2) is 0 Å². The highest BCUT2D eigenvalue weighted by atomic mass is 32.2. The minimum atomic E-state index is -4.49. The van der Waals surface area contributed by atoms with Crippen LogP contribution < -0.4 is 14.8 Å². The Hall–Kier alpha value is -1.81. The fourth-order valence-electron chi connectivity index (χ4n) is 2.25. The third kappa shape index (κ3) is 5.38. The Kier molecular flexibility index (Phi) is 5.70. The van der Waals surface area contributed by atoms with Crippen molar-refractivity contribution in [1.82, 2.24) is 10.0 Å². The standard InChI is InChI=1S/C14H18F3N3O3S/c1-18-24(21,22)9-10-3-2-4-12(11(10)7-14(15,16)17)23-8-13-19-5-6-20-13/h2-4,18H,5-9H2,1H3,(H,19,20). The number of benzene rings is 1. The lowest BCUT2D eigenvalue weighted by Crippen LogP contribution is -2.26. The molecule has 24 heavy (non-hydrogen) atoms. The van der Waals surface area contributed by atoms with Crippen LogP contribution in [0.15, 0.2) is 23.2 Å². The van der Waals surface area contributed by atoms with E-state index in [1.165, 1.54) is 25.2 Å². The molecular weight excluding hydrogens is 347 g/mol. The third-order valence-electron chi connectivity index (χ3n) is 3.37. The lowest BCUT2D eigenvalue weighted by molar-refractivity contribution is -0.127. The van der Waals surface area contributed by atoms with Crippen LogP contribution in [0, 0.1) is 0 Å². The Balaban J connectivity index is 2.30. The largest absolute Gasteiger partial charge is 0.485 e. The van der Waals surface area contributed by atoms with Crippen LogP contribution in [0.5, 0.6) is 5.75 Å². The number of hydrogen-bond donors (Lipinski definition) is 2. The van der Waals surface area contributed by atoms with Crippen LogP contribution in [0.3, 0.4) is 0 Å². The molecule has 0 amide bonds. The van der Waals surface area contributed by atoms with Crippen molar-refractivity contribution in [2.24, 2.45) is 4.99 Å². The van der Waals surface area contributed by atoms with Crippen molar-refractivity contribution in [3.05, 3.63) is 29.3 Å². The number of amidine groups is 1. The van der Waals surface area contributed by atoms with Crippen LogP contribution in [0.25, 0.3) is 0 Å². The summed E-state index contributed by atoms with van der Waals surface area (Å²) < 4.78 is 69.7. The average Bonchev–Trinajstić information content (AvgIpc) is 2.99. The molecule has 0 aliphatic carbocycles. The summed E-state index contributed by atoms with van der Waals surface area (Å²) in [6.07, 6.45) is -5.75. The molecule has 0 fully saturated rings. The van der Waals surface area contributed by atoms with Crippen molar-refractivity contribution in [3.8, 4) is 5.75 Å². The van der Waals surface area contributed by atoms with Crippen molar-refractivity contribution in [2.75, 3.05) is 26.7 Å². The molecule has 0 radical (unpaired) electrons. The summed E-state index contributed by atoms with van der Waals surface area (Å²) in [7, 11) is -2.50. The summed E-state index contributed by atoms with van der Waals surface area (Å²) in [5.74, 6) is 0.0134. The summed E-state index contributed by atoms with van der Waals surface area (Å²) in [6, 6.07) is 4.22. The number of rotatable bonds is 7. The van der Waals surface area contributed by atoms with Gasteiger partial charge in [-0.25, -0.2) is 13.1 Å². The van der Waals surface area contributed by atoms with Crippen molar-refractivity contribution in [1.29, 1.82) is 0 Å². The van der Waals surface area contributed by atoms with Gasteiger partial charge in [-0.1, -0.05) is 12.1 Å². The SMILES string of the molecule is CNS(=O)(=O)Cc1cccc(OCC2=NCCN2)c1CC(F)(F)F. The summed E-state index contributed by atoms with van der Waals surface area (Å²) in [4.78, 5) is 4.10. The molecule has 0 saturated heterocycles. The van der Waals surface area contributed by atoms with Gasteiger partial charge >= 0.3 is 6.18 Å². The number of nitrogens with one attached hydrogen (secondary N) is 2. The third-order valence-corrected chi connectivity index (χ3v) is 4.68. The van der Waals surface area contributed by atoms with Crippen LogP contribution in [-0.2, 0) is 22.2 Å². The second-order valence-corrected chi connectivity index (χ2v) is 7.12. The highest BCUT2D eigenvalue weighted by Gasteiger charge is 2.31. The minimum absolute atomic E-state index is 0.00697. The summed E-state index contributed by atoms with van der Waals surface area (Å²) in [5.41, 5.74) is -0.122. The second kappa shape index (κ2) is 7.39. The molecule has 10 heteroatoms. The predicted octanol–water partition coefficient (Wildman–Crippen LogP) is 1.22. The van der Waals surface area contributed by atoms with Gasteiger partial charge in [0.1, 0.15) is 18.2 Å².